The van der Waals surface area contributed by atoms with Crippen LogP contribution in [0.3, 0.4) is 0 Å². The van der Waals surface area contributed by atoms with Crippen molar-refractivity contribution in [3.63, 3.8) is 0 Å². The Hall–Kier alpha value is -2.35. The van der Waals surface area contributed by atoms with Crippen molar-refractivity contribution in [1.82, 2.24) is 0 Å². The van der Waals surface area contributed by atoms with Gasteiger partial charge >= 0.3 is 5.97 Å². The van der Waals surface area contributed by atoms with Crippen LogP contribution in [0.25, 0.3) is 5.57 Å². The number of carbonyl (C=O) groups is 1. The summed E-state index contributed by atoms with van der Waals surface area (Å²) in [6, 6.07) is 12.5. The SMILES string of the molecule is CCC#CC1=C(c2ccc(C(O)CCCCC)cc2)C(CCCc2ccc(C(=O)OC)s2)CC1. The molecule has 0 aliphatic heterocycles. The summed E-state index contributed by atoms with van der Waals surface area (Å²) in [6.07, 6.45) is 10.1. The molecule has 2 unspecified atom stereocenters. The van der Waals surface area contributed by atoms with Crippen molar-refractivity contribution in [1.29, 1.82) is 0 Å². The van der Waals surface area contributed by atoms with Crippen LogP contribution in [0, 0.1) is 17.8 Å². The number of aryl methyl sites for hydroxylation is 1. The molecule has 3 nitrogen and oxygen atoms in total. The highest BCUT2D eigenvalue weighted by molar-refractivity contribution is 7.13. The third-order valence-electron chi connectivity index (χ3n) is 6.60. The van der Waals surface area contributed by atoms with E-state index in [1.165, 1.54) is 52.9 Å². The van der Waals surface area contributed by atoms with Crippen LogP contribution in [0.1, 0.15) is 103 Å². The zero-order valence-electron chi connectivity index (χ0n) is 20.9. The number of methoxy groups -OCH3 is 1. The van der Waals surface area contributed by atoms with Crippen LogP contribution in [-0.2, 0) is 11.2 Å². The molecule has 4 heteroatoms. The fraction of sp³-hybridized carbons (Fsp3) is 0.500. The Balaban J connectivity index is 1.69. The maximum absolute atomic E-state index is 11.7. The largest absolute Gasteiger partial charge is 0.465 e. The van der Waals surface area contributed by atoms with E-state index in [9.17, 15) is 9.90 Å². The second-order valence-corrected chi connectivity index (χ2v) is 10.2. The third kappa shape index (κ3) is 7.08. The minimum Gasteiger partial charge on any atom is -0.465 e. The second-order valence-electron chi connectivity index (χ2n) is 9.07. The van der Waals surface area contributed by atoms with E-state index in [1.54, 1.807) is 0 Å². The van der Waals surface area contributed by atoms with Crippen molar-refractivity contribution in [2.75, 3.05) is 7.11 Å². The quantitative estimate of drug-likeness (QED) is 0.204. The molecule has 1 aliphatic rings. The van der Waals surface area contributed by atoms with E-state index in [1.807, 2.05) is 12.1 Å². The molecule has 0 bridgehead atoms. The van der Waals surface area contributed by atoms with Crippen molar-refractivity contribution in [3.8, 4) is 11.8 Å². The van der Waals surface area contributed by atoms with E-state index >= 15 is 0 Å². The number of thiophene rings is 1. The average Bonchev–Trinajstić information content (AvgIpc) is 3.50. The highest BCUT2D eigenvalue weighted by atomic mass is 32.1. The van der Waals surface area contributed by atoms with Crippen LogP contribution >= 0.6 is 11.3 Å². The number of esters is 1. The van der Waals surface area contributed by atoms with Crippen molar-refractivity contribution in [2.45, 2.75) is 84.2 Å². The number of carbonyl (C=O) groups excluding carboxylic acids is 1. The Morgan fingerprint density at radius 2 is 1.94 bits per heavy atom. The molecule has 1 aliphatic carbocycles. The molecule has 182 valence electrons. The van der Waals surface area contributed by atoms with Crippen molar-refractivity contribution in [2.24, 2.45) is 5.92 Å². The maximum atomic E-state index is 11.7. The van der Waals surface area contributed by atoms with Crippen molar-refractivity contribution >= 4 is 22.9 Å². The number of aliphatic hydroxyl groups excluding tert-OH is 1. The average molecular weight is 479 g/mol. The molecular formula is C30H38O3S. The molecule has 0 amide bonds. The van der Waals surface area contributed by atoms with Gasteiger partial charge in [0.05, 0.1) is 13.2 Å². The fourth-order valence-corrected chi connectivity index (χ4v) is 5.72. The Bertz CT molecular complexity index is 1020. The first-order chi connectivity index (χ1) is 16.6. The Labute approximate surface area is 209 Å². The van der Waals surface area contributed by atoms with Crippen LogP contribution in [0.4, 0.5) is 0 Å². The predicted octanol–water partition coefficient (Wildman–Crippen LogP) is 7.75. The molecule has 0 saturated carbocycles. The number of aliphatic hydroxyl groups is 1. The highest BCUT2D eigenvalue weighted by Crippen LogP contribution is 2.42. The Kier molecular flexibility index (Phi) is 10.4. The van der Waals surface area contributed by atoms with Gasteiger partial charge in [0, 0.05) is 16.9 Å². The molecule has 0 spiro atoms. The molecule has 2 atom stereocenters. The van der Waals surface area contributed by atoms with Gasteiger partial charge in [-0.15, -0.1) is 11.3 Å². The van der Waals surface area contributed by atoms with E-state index in [-0.39, 0.29) is 12.1 Å². The summed E-state index contributed by atoms with van der Waals surface area (Å²) in [4.78, 5) is 13.6. The van der Waals surface area contributed by atoms with Gasteiger partial charge in [0.1, 0.15) is 4.88 Å². The number of hydrogen-bond acceptors (Lipinski definition) is 4. The molecule has 34 heavy (non-hydrogen) atoms. The second kappa shape index (κ2) is 13.5. The first kappa shape index (κ1) is 26.3. The first-order valence-corrected chi connectivity index (χ1v) is 13.6. The minimum atomic E-state index is -0.381. The van der Waals surface area contributed by atoms with E-state index in [4.69, 9.17) is 4.74 Å². The minimum absolute atomic E-state index is 0.254. The number of rotatable bonds is 11. The third-order valence-corrected chi connectivity index (χ3v) is 7.73. The van der Waals surface area contributed by atoms with Crippen LogP contribution in [0.2, 0.25) is 0 Å². The van der Waals surface area contributed by atoms with Gasteiger partial charge in [0.25, 0.3) is 0 Å². The Morgan fingerprint density at radius 1 is 1.15 bits per heavy atom. The lowest BCUT2D eigenvalue weighted by molar-refractivity contribution is 0.0606. The molecule has 2 aromatic rings. The molecule has 0 saturated heterocycles. The highest BCUT2D eigenvalue weighted by Gasteiger charge is 2.26. The zero-order chi connectivity index (χ0) is 24.3. The molecule has 1 heterocycles. The first-order valence-electron chi connectivity index (χ1n) is 12.7. The van der Waals surface area contributed by atoms with E-state index in [0.29, 0.717) is 10.8 Å². The van der Waals surface area contributed by atoms with Crippen molar-refractivity contribution in [3.05, 3.63) is 62.9 Å². The Morgan fingerprint density at radius 3 is 2.65 bits per heavy atom. The van der Waals surface area contributed by atoms with E-state index < -0.39 is 0 Å². The maximum Gasteiger partial charge on any atom is 0.348 e. The topological polar surface area (TPSA) is 46.5 Å². The number of ether oxygens (including phenoxy) is 1. The van der Waals surface area contributed by atoms with Crippen LogP contribution < -0.4 is 0 Å². The molecule has 1 aromatic heterocycles. The van der Waals surface area contributed by atoms with Crippen LogP contribution in [0.5, 0.6) is 0 Å². The van der Waals surface area contributed by atoms with Gasteiger partial charge in [0.2, 0.25) is 0 Å². The lowest BCUT2D eigenvalue weighted by Gasteiger charge is -2.17. The van der Waals surface area contributed by atoms with Gasteiger partial charge in [0.15, 0.2) is 0 Å². The summed E-state index contributed by atoms with van der Waals surface area (Å²) in [6.45, 7) is 4.28. The summed E-state index contributed by atoms with van der Waals surface area (Å²) < 4.78 is 4.83. The zero-order valence-corrected chi connectivity index (χ0v) is 21.7. The van der Waals surface area contributed by atoms with Gasteiger partial charge in [-0.05, 0) is 73.3 Å². The summed E-state index contributed by atoms with van der Waals surface area (Å²) in [5.41, 5.74) is 4.94. The number of benzene rings is 1. The van der Waals surface area contributed by atoms with Gasteiger partial charge in [-0.1, -0.05) is 69.2 Å². The number of unbranched alkanes of at least 4 members (excludes halogenated alkanes) is 2. The van der Waals surface area contributed by atoms with E-state index in [2.05, 4.69) is 50.0 Å². The molecular weight excluding hydrogens is 440 g/mol. The summed E-state index contributed by atoms with van der Waals surface area (Å²) in [7, 11) is 1.43. The molecule has 1 N–H and O–H groups in total. The summed E-state index contributed by atoms with van der Waals surface area (Å²) in [5, 5.41) is 10.5. The number of allylic oxidation sites excluding steroid dienone is 2. The molecule has 0 radical (unpaired) electrons. The van der Waals surface area contributed by atoms with Gasteiger partial charge in [-0.2, -0.15) is 0 Å². The summed E-state index contributed by atoms with van der Waals surface area (Å²) in [5.74, 6) is 6.97. The molecule has 1 aromatic carbocycles. The van der Waals surface area contributed by atoms with Crippen LogP contribution in [0.15, 0.2) is 42.0 Å². The standard InChI is InChI=1S/C30H38O3S/c1-4-6-8-13-27(31)22-14-16-25(17-15-22)29-23(10-7-5-2)18-19-24(29)11-9-12-26-20-21-28(34-26)30(32)33-3/h14-17,20-21,24,27,31H,4-6,8-9,11-13,18-19H2,1-3H3. The summed E-state index contributed by atoms with van der Waals surface area (Å²) >= 11 is 1.54. The monoisotopic (exact) mass is 478 g/mol. The van der Waals surface area contributed by atoms with Gasteiger partial charge in [-0.3, -0.25) is 0 Å². The lowest BCUT2D eigenvalue weighted by atomic mass is 9.88. The number of hydrogen-bond donors (Lipinski definition) is 1. The molecule has 0 fully saturated rings. The van der Waals surface area contributed by atoms with Crippen molar-refractivity contribution < 1.29 is 14.6 Å². The lowest BCUT2D eigenvalue weighted by Crippen LogP contribution is -2.02. The smallest absolute Gasteiger partial charge is 0.348 e. The van der Waals surface area contributed by atoms with Crippen LogP contribution in [-0.4, -0.2) is 18.2 Å². The van der Waals surface area contributed by atoms with E-state index in [0.717, 1.165) is 56.9 Å². The fourth-order valence-electron chi connectivity index (χ4n) is 4.75. The van der Waals surface area contributed by atoms with Gasteiger partial charge in [-0.25, -0.2) is 4.79 Å². The predicted molar refractivity (Wildman–Crippen MR) is 142 cm³/mol. The van der Waals surface area contributed by atoms with Gasteiger partial charge < -0.3 is 9.84 Å². The molecule has 3 rings (SSSR count). The normalized spacial score (nSPS) is 16.3.